The minimum absolute atomic E-state index is 0.0283. The van der Waals surface area contributed by atoms with Crippen LogP contribution in [0.2, 0.25) is 0 Å². The van der Waals surface area contributed by atoms with Crippen LogP contribution in [0.4, 0.5) is 0 Å². The van der Waals surface area contributed by atoms with Crippen molar-refractivity contribution in [3.8, 4) is 0 Å². The third-order valence-electron chi connectivity index (χ3n) is 5.40. The van der Waals surface area contributed by atoms with Gasteiger partial charge in [0.1, 0.15) is 4.83 Å². The molecule has 7 heteroatoms. The van der Waals surface area contributed by atoms with Crippen LogP contribution in [0, 0.1) is 11.8 Å². The van der Waals surface area contributed by atoms with E-state index < -0.39 is 0 Å². The van der Waals surface area contributed by atoms with Gasteiger partial charge < -0.3 is 9.72 Å². The molecule has 0 spiro atoms. The smallest absolute Gasteiger partial charge is 0.260 e. The Balaban J connectivity index is 1.46. The highest BCUT2D eigenvalue weighted by molar-refractivity contribution is 7.99. The van der Waals surface area contributed by atoms with Gasteiger partial charge >= 0.3 is 0 Å². The number of thioether (sulfide) groups is 1. The molecule has 0 unspecified atom stereocenters. The number of nitrogens with one attached hydrogen (secondary N) is 1. The summed E-state index contributed by atoms with van der Waals surface area (Å²) in [5.41, 5.74) is 1.28. The average Bonchev–Trinajstić information content (AvgIpc) is 2.97. The minimum atomic E-state index is 0.0283. The first-order valence-corrected chi connectivity index (χ1v) is 11.8. The lowest BCUT2D eigenvalue weighted by Crippen LogP contribution is -2.44. The fraction of sp³-hybridized carbons (Fsp3) is 0.700. The number of thiophene rings is 1. The van der Waals surface area contributed by atoms with E-state index in [9.17, 15) is 4.79 Å². The summed E-state index contributed by atoms with van der Waals surface area (Å²) in [6.45, 7) is 10.7. The molecule has 5 nitrogen and oxygen atoms in total. The van der Waals surface area contributed by atoms with E-state index in [1.54, 1.807) is 23.1 Å². The number of ether oxygens (including phenoxy) is 1. The number of H-pyrrole nitrogens is 1. The van der Waals surface area contributed by atoms with Gasteiger partial charge in [-0.05, 0) is 36.7 Å². The molecule has 2 aromatic rings. The van der Waals surface area contributed by atoms with E-state index in [0.29, 0.717) is 11.8 Å². The summed E-state index contributed by atoms with van der Waals surface area (Å²) < 4.78 is 5.93. The van der Waals surface area contributed by atoms with E-state index in [-0.39, 0.29) is 11.7 Å². The van der Waals surface area contributed by atoms with Crippen LogP contribution in [0.5, 0.6) is 0 Å². The lowest BCUT2D eigenvalue weighted by molar-refractivity contribution is -0.0191. The van der Waals surface area contributed by atoms with Gasteiger partial charge in [-0.1, -0.05) is 32.5 Å². The van der Waals surface area contributed by atoms with Crippen molar-refractivity contribution in [3.63, 3.8) is 0 Å². The largest absolute Gasteiger partial charge is 0.375 e. The fourth-order valence-corrected chi connectivity index (χ4v) is 6.44. The number of morpholine rings is 1. The first kappa shape index (κ1) is 19.4. The van der Waals surface area contributed by atoms with Gasteiger partial charge in [0.2, 0.25) is 0 Å². The summed E-state index contributed by atoms with van der Waals surface area (Å²) in [5.74, 6) is 2.20. The van der Waals surface area contributed by atoms with Crippen LogP contribution < -0.4 is 5.56 Å². The average molecular weight is 408 g/mol. The maximum absolute atomic E-state index is 12.7. The van der Waals surface area contributed by atoms with Gasteiger partial charge in [0.25, 0.3) is 5.56 Å². The predicted octanol–water partition coefficient (Wildman–Crippen LogP) is 3.56. The minimum Gasteiger partial charge on any atom is -0.375 e. The maximum atomic E-state index is 12.7. The second kappa shape index (κ2) is 8.23. The number of hydrogen-bond donors (Lipinski definition) is 1. The summed E-state index contributed by atoms with van der Waals surface area (Å²) in [7, 11) is 0. The van der Waals surface area contributed by atoms with Crippen LogP contribution in [0.15, 0.2) is 9.95 Å². The monoisotopic (exact) mass is 407 g/mol. The molecule has 0 bridgehead atoms. The first-order valence-electron chi connectivity index (χ1n) is 10.0. The Morgan fingerprint density at radius 3 is 3.11 bits per heavy atom. The van der Waals surface area contributed by atoms with Crippen molar-refractivity contribution in [2.45, 2.75) is 51.3 Å². The normalized spacial score (nSPS) is 23.9. The molecule has 148 valence electrons. The Morgan fingerprint density at radius 2 is 2.30 bits per heavy atom. The molecular weight excluding hydrogens is 378 g/mol. The number of aryl methyl sites for hydroxylation is 1. The van der Waals surface area contributed by atoms with Crippen LogP contribution in [-0.4, -0.2) is 53.0 Å². The van der Waals surface area contributed by atoms with Crippen molar-refractivity contribution in [2.24, 2.45) is 11.8 Å². The summed E-state index contributed by atoms with van der Waals surface area (Å²) in [6, 6.07) is 0. The van der Waals surface area contributed by atoms with Crippen molar-refractivity contribution in [2.75, 3.05) is 32.0 Å². The van der Waals surface area contributed by atoms with Gasteiger partial charge in [0.15, 0.2) is 5.16 Å². The van der Waals surface area contributed by atoms with Gasteiger partial charge in [0, 0.05) is 30.3 Å². The van der Waals surface area contributed by atoms with Gasteiger partial charge in [-0.25, -0.2) is 4.98 Å². The topological polar surface area (TPSA) is 58.2 Å². The second-order valence-corrected chi connectivity index (χ2v) is 10.5. The molecule has 0 saturated carbocycles. The highest BCUT2D eigenvalue weighted by Crippen LogP contribution is 2.36. The molecule has 1 saturated heterocycles. The molecule has 1 aliphatic heterocycles. The quantitative estimate of drug-likeness (QED) is 0.607. The molecule has 0 radical (unpaired) electrons. The third kappa shape index (κ3) is 4.42. The molecule has 2 atom stereocenters. The van der Waals surface area contributed by atoms with Gasteiger partial charge in [-0.3, -0.25) is 9.69 Å². The summed E-state index contributed by atoms with van der Waals surface area (Å²) in [4.78, 5) is 25.2. The number of aromatic nitrogens is 2. The van der Waals surface area contributed by atoms with Crippen LogP contribution in [0.1, 0.15) is 37.6 Å². The van der Waals surface area contributed by atoms with E-state index in [1.165, 1.54) is 16.9 Å². The molecule has 1 aliphatic carbocycles. The van der Waals surface area contributed by atoms with Crippen LogP contribution in [0.25, 0.3) is 10.2 Å². The lowest BCUT2D eigenvalue weighted by Gasteiger charge is -2.33. The Bertz CT molecular complexity index is 861. The molecule has 2 aliphatic rings. The lowest BCUT2D eigenvalue weighted by atomic mass is 9.89. The molecule has 1 fully saturated rings. The van der Waals surface area contributed by atoms with E-state index in [2.05, 4.69) is 30.7 Å². The standard InChI is InChI=1S/C20H29N3O2S2/c1-12(2)9-23-6-7-25-14(10-23)11-26-20-21-18(24)17-15-5-4-13(3)8-16(15)27-19(17)22-20/h12-14H,4-11H2,1-3H3,(H,21,22,24)/t13-,14-/m0/s1. The fourth-order valence-electron chi connectivity index (χ4n) is 4.13. The summed E-state index contributed by atoms with van der Waals surface area (Å²) in [5, 5.41) is 1.56. The van der Waals surface area contributed by atoms with E-state index >= 15 is 0 Å². The van der Waals surface area contributed by atoms with Crippen molar-refractivity contribution in [1.82, 2.24) is 14.9 Å². The Kier molecular flexibility index (Phi) is 5.92. The zero-order chi connectivity index (χ0) is 19.0. The molecule has 1 N–H and O–H groups in total. The summed E-state index contributed by atoms with van der Waals surface area (Å²) >= 11 is 3.33. The highest BCUT2D eigenvalue weighted by Gasteiger charge is 2.24. The SMILES string of the molecule is CC(C)CN1CCO[C@H](CSc2nc3sc4c(c3c(=O)[nH]2)CC[C@H](C)C4)C1. The van der Waals surface area contributed by atoms with Gasteiger partial charge in [-0.15, -0.1) is 11.3 Å². The van der Waals surface area contributed by atoms with E-state index in [0.717, 1.165) is 60.2 Å². The third-order valence-corrected chi connectivity index (χ3v) is 7.55. The van der Waals surface area contributed by atoms with Crippen molar-refractivity contribution in [1.29, 1.82) is 0 Å². The number of nitrogens with zero attached hydrogens (tertiary/aromatic N) is 2. The highest BCUT2D eigenvalue weighted by atomic mass is 32.2. The van der Waals surface area contributed by atoms with E-state index in [1.807, 2.05) is 0 Å². The molecule has 4 rings (SSSR count). The molecule has 27 heavy (non-hydrogen) atoms. The van der Waals surface area contributed by atoms with Crippen LogP contribution in [-0.2, 0) is 17.6 Å². The predicted molar refractivity (Wildman–Crippen MR) is 113 cm³/mol. The Hall–Kier alpha value is -0.890. The summed E-state index contributed by atoms with van der Waals surface area (Å²) in [6.07, 6.45) is 3.46. The Labute approximate surface area is 168 Å². The van der Waals surface area contributed by atoms with Crippen molar-refractivity contribution in [3.05, 3.63) is 20.8 Å². The zero-order valence-electron chi connectivity index (χ0n) is 16.4. The zero-order valence-corrected chi connectivity index (χ0v) is 18.0. The number of fused-ring (bicyclic) bond motifs is 3. The van der Waals surface area contributed by atoms with Gasteiger partial charge in [0.05, 0.1) is 18.1 Å². The van der Waals surface area contributed by atoms with E-state index in [4.69, 9.17) is 9.72 Å². The maximum Gasteiger partial charge on any atom is 0.260 e. The molecule has 0 aromatic carbocycles. The molecule has 0 amide bonds. The number of aromatic amines is 1. The van der Waals surface area contributed by atoms with Gasteiger partial charge in [-0.2, -0.15) is 0 Å². The van der Waals surface area contributed by atoms with Crippen molar-refractivity contribution < 1.29 is 4.74 Å². The Morgan fingerprint density at radius 1 is 1.44 bits per heavy atom. The van der Waals surface area contributed by atoms with Crippen LogP contribution in [0.3, 0.4) is 0 Å². The number of hydrogen-bond acceptors (Lipinski definition) is 6. The molecular formula is C20H29N3O2S2. The second-order valence-electron chi connectivity index (χ2n) is 8.36. The van der Waals surface area contributed by atoms with Crippen LogP contribution >= 0.6 is 23.1 Å². The first-order chi connectivity index (χ1) is 13.0. The van der Waals surface area contributed by atoms with Crippen molar-refractivity contribution >= 4 is 33.3 Å². The molecule has 2 aromatic heterocycles. The molecule has 3 heterocycles. The number of rotatable bonds is 5.